The first kappa shape index (κ1) is 18.1. The van der Waals surface area contributed by atoms with Gasteiger partial charge in [0.1, 0.15) is 0 Å². The molecule has 4 aliphatic carbocycles. The number of hydrogen-bond donors (Lipinski definition) is 2. The molecule has 0 aromatic carbocycles. The maximum Gasteiger partial charge on any atom is 0.321 e. The maximum absolute atomic E-state index is 12.5. The first-order valence-electron chi connectivity index (χ1n) is 9.32. The molecule has 3 amide bonds. The number of urea groups is 1. The van der Waals surface area contributed by atoms with Gasteiger partial charge in [-0.2, -0.15) is 0 Å². The van der Waals surface area contributed by atoms with Gasteiger partial charge in [0, 0.05) is 11.7 Å². The number of rotatable bonds is 4. The Balaban J connectivity index is 1.31. The van der Waals surface area contributed by atoms with Gasteiger partial charge in [-0.05, 0) is 75.3 Å². The molecule has 5 rings (SSSR count). The number of carbonyl (C=O) groups excluding carboxylic acids is 2. The van der Waals surface area contributed by atoms with E-state index in [4.69, 9.17) is 11.6 Å². The van der Waals surface area contributed by atoms with Crippen LogP contribution >= 0.6 is 23.4 Å². The van der Waals surface area contributed by atoms with E-state index < -0.39 is 5.25 Å². The van der Waals surface area contributed by atoms with Crippen LogP contribution in [0.15, 0.2) is 23.4 Å². The van der Waals surface area contributed by atoms with E-state index in [-0.39, 0.29) is 17.5 Å². The number of nitrogens with one attached hydrogen (secondary N) is 2. The summed E-state index contributed by atoms with van der Waals surface area (Å²) in [6, 6.07) is 3.15. The Bertz CT molecular complexity index is 674. The van der Waals surface area contributed by atoms with Crippen LogP contribution in [-0.4, -0.2) is 27.7 Å². The number of nitrogens with zero attached hydrogens (tertiary/aromatic N) is 1. The molecule has 0 spiro atoms. The smallest absolute Gasteiger partial charge is 0.321 e. The molecule has 1 aromatic rings. The van der Waals surface area contributed by atoms with Gasteiger partial charge in [-0.15, -0.1) is 0 Å². The number of halogens is 1. The molecule has 4 fully saturated rings. The van der Waals surface area contributed by atoms with E-state index in [0.29, 0.717) is 10.0 Å². The van der Waals surface area contributed by atoms with Crippen LogP contribution in [0.2, 0.25) is 5.02 Å². The summed E-state index contributed by atoms with van der Waals surface area (Å²) >= 11 is 7.13. The summed E-state index contributed by atoms with van der Waals surface area (Å²) in [6.07, 6.45) is 8.73. The molecular formula is C19H24ClN3O2S. The van der Waals surface area contributed by atoms with Gasteiger partial charge in [0.25, 0.3) is 0 Å². The summed E-state index contributed by atoms with van der Waals surface area (Å²) in [4.78, 5) is 29.0. The zero-order valence-corrected chi connectivity index (χ0v) is 16.4. The van der Waals surface area contributed by atoms with Crippen molar-refractivity contribution in [1.29, 1.82) is 0 Å². The van der Waals surface area contributed by atoms with E-state index in [0.717, 1.165) is 37.0 Å². The molecule has 0 saturated heterocycles. The quantitative estimate of drug-likeness (QED) is 0.758. The highest BCUT2D eigenvalue weighted by Crippen LogP contribution is 2.55. The molecule has 4 aliphatic rings. The Labute approximate surface area is 163 Å². The van der Waals surface area contributed by atoms with Crippen molar-refractivity contribution in [2.75, 3.05) is 0 Å². The predicted octanol–water partition coefficient (Wildman–Crippen LogP) is 4.01. The van der Waals surface area contributed by atoms with Gasteiger partial charge in [-0.25, -0.2) is 9.78 Å². The summed E-state index contributed by atoms with van der Waals surface area (Å²) in [5.74, 6) is 1.96. The van der Waals surface area contributed by atoms with Crippen LogP contribution in [0.3, 0.4) is 0 Å². The van der Waals surface area contributed by atoms with E-state index in [1.807, 2.05) is 0 Å². The van der Waals surface area contributed by atoms with Gasteiger partial charge in [0.2, 0.25) is 5.91 Å². The van der Waals surface area contributed by atoms with Crippen molar-refractivity contribution in [2.24, 2.45) is 17.8 Å². The third kappa shape index (κ3) is 3.86. The highest BCUT2D eigenvalue weighted by molar-refractivity contribution is 8.00. The molecule has 1 aromatic heterocycles. The Morgan fingerprint density at radius 3 is 2.35 bits per heavy atom. The Hall–Kier alpha value is -1.27. The van der Waals surface area contributed by atoms with Crippen LogP contribution in [0.5, 0.6) is 0 Å². The summed E-state index contributed by atoms with van der Waals surface area (Å²) < 4.78 is 0. The van der Waals surface area contributed by atoms with Crippen LogP contribution in [0.25, 0.3) is 0 Å². The molecule has 0 radical (unpaired) electrons. The Morgan fingerprint density at radius 2 is 1.81 bits per heavy atom. The van der Waals surface area contributed by atoms with Crippen LogP contribution in [-0.2, 0) is 4.79 Å². The van der Waals surface area contributed by atoms with E-state index >= 15 is 0 Å². The number of amides is 3. The second-order valence-corrected chi connectivity index (χ2v) is 10.0. The second kappa shape index (κ2) is 7.04. The van der Waals surface area contributed by atoms with Gasteiger partial charge in [0.15, 0.2) is 0 Å². The Morgan fingerprint density at radius 1 is 1.19 bits per heavy atom. The largest absolute Gasteiger partial charge is 0.332 e. The molecule has 0 aliphatic heterocycles. The number of carbonyl (C=O) groups is 2. The van der Waals surface area contributed by atoms with Crippen molar-refractivity contribution < 1.29 is 9.59 Å². The minimum Gasteiger partial charge on any atom is -0.332 e. The van der Waals surface area contributed by atoms with Crippen LogP contribution in [0.4, 0.5) is 4.79 Å². The highest BCUT2D eigenvalue weighted by atomic mass is 35.5. The average Bonchev–Trinajstić information content (AvgIpc) is 2.55. The van der Waals surface area contributed by atoms with Gasteiger partial charge in [-0.3, -0.25) is 10.1 Å². The molecule has 2 N–H and O–H groups in total. The zero-order valence-electron chi connectivity index (χ0n) is 14.8. The number of thioether (sulfide) groups is 1. The predicted molar refractivity (Wildman–Crippen MR) is 102 cm³/mol. The fourth-order valence-corrected chi connectivity index (χ4v) is 6.32. The number of aromatic nitrogens is 1. The lowest BCUT2D eigenvalue weighted by molar-refractivity contribution is -0.119. The van der Waals surface area contributed by atoms with Crippen molar-refractivity contribution >= 4 is 35.3 Å². The number of pyridine rings is 1. The fraction of sp³-hybridized carbons (Fsp3) is 0.632. The topological polar surface area (TPSA) is 71.1 Å². The summed E-state index contributed by atoms with van der Waals surface area (Å²) in [6.45, 7) is 1.77. The minimum absolute atomic E-state index is 0.0901. The first-order valence-corrected chi connectivity index (χ1v) is 10.6. The van der Waals surface area contributed by atoms with Crippen molar-refractivity contribution in [2.45, 2.75) is 61.3 Å². The molecule has 7 heteroatoms. The lowest BCUT2D eigenvalue weighted by Gasteiger charge is -2.56. The summed E-state index contributed by atoms with van der Waals surface area (Å²) in [5.41, 5.74) is -0.0901. The lowest BCUT2D eigenvalue weighted by atomic mass is 9.53. The van der Waals surface area contributed by atoms with E-state index in [1.165, 1.54) is 31.0 Å². The van der Waals surface area contributed by atoms with E-state index in [9.17, 15) is 9.59 Å². The zero-order chi connectivity index (χ0) is 18.3. The summed E-state index contributed by atoms with van der Waals surface area (Å²) in [7, 11) is 0. The molecule has 1 unspecified atom stereocenters. The van der Waals surface area contributed by atoms with Crippen LogP contribution in [0.1, 0.15) is 45.4 Å². The normalized spacial score (nSPS) is 32.9. The highest BCUT2D eigenvalue weighted by Gasteiger charge is 2.51. The fourth-order valence-electron chi connectivity index (χ4n) is 5.42. The molecule has 1 atom stereocenters. The standard InChI is InChI=1S/C19H24ClN3O2S/c1-11(26-16-3-2-15(20)10-21-16)17(24)22-18(25)23-19-7-12-4-13(8-19)6-14(5-12)9-19/h2-3,10-14H,4-9H2,1H3,(H2,22,23,24,25). The minimum atomic E-state index is -0.411. The van der Waals surface area contributed by atoms with Crippen molar-refractivity contribution in [1.82, 2.24) is 15.6 Å². The van der Waals surface area contributed by atoms with Gasteiger partial charge in [-0.1, -0.05) is 23.4 Å². The maximum atomic E-state index is 12.5. The van der Waals surface area contributed by atoms with Gasteiger partial charge >= 0.3 is 6.03 Å². The number of hydrogen-bond acceptors (Lipinski definition) is 4. The molecule has 4 saturated carbocycles. The molecule has 4 bridgehead atoms. The van der Waals surface area contributed by atoms with Crippen molar-refractivity contribution in [3.05, 3.63) is 23.4 Å². The molecule has 140 valence electrons. The average molecular weight is 394 g/mol. The monoisotopic (exact) mass is 393 g/mol. The number of imide groups is 1. The molecular weight excluding hydrogens is 370 g/mol. The summed E-state index contributed by atoms with van der Waals surface area (Å²) in [5, 5.41) is 6.54. The molecule has 5 nitrogen and oxygen atoms in total. The molecule has 26 heavy (non-hydrogen) atoms. The first-order chi connectivity index (χ1) is 12.4. The third-order valence-electron chi connectivity index (χ3n) is 6.02. The van der Waals surface area contributed by atoms with E-state index in [1.54, 1.807) is 25.3 Å². The van der Waals surface area contributed by atoms with Gasteiger partial charge in [0.05, 0.1) is 15.3 Å². The van der Waals surface area contributed by atoms with Gasteiger partial charge < -0.3 is 5.32 Å². The van der Waals surface area contributed by atoms with Crippen LogP contribution in [0, 0.1) is 17.8 Å². The second-order valence-electron chi connectivity index (χ2n) is 8.22. The van der Waals surface area contributed by atoms with Crippen molar-refractivity contribution in [3.63, 3.8) is 0 Å². The van der Waals surface area contributed by atoms with E-state index in [2.05, 4.69) is 15.6 Å². The van der Waals surface area contributed by atoms with Crippen molar-refractivity contribution in [3.8, 4) is 0 Å². The third-order valence-corrected chi connectivity index (χ3v) is 7.29. The van der Waals surface area contributed by atoms with Crippen LogP contribution < -0.4 is 10.6 Å². The Kier molecular flexibility index (Phi) is 4.90. The lowest BCUT2D eigenvalue weighted by Crippen LogP contribution is -2.62. The molecule has 1 heterocycles. The SMILES string of the molecule is CC(Sc1ccc(Cl)cn1)C(=O)NC(=O)NC12CC3CC(CC(C3)C1)C2.